The van der Waals surface area contributed by atoms with Crippen LogP contribution in [-0.4, -0.2) is 37.8 Å². The van der Waals surface area contributed by atoms with Crippen LogP contribution in [0.25, 0.3) is 0 Å². The quantitative estimate of drug-likeness (QED) is 0.294. The number of guanidine groups is 1. The number of halogens is 3. The van der Waals surface area contributed by atoms with Crippen LogP contribution in [0, 0.1) is 6.92 Å². The van der Waals surface area contributed by atoms with E-state index in [1.165, 1.54) is 4.88 Å². The number of aryl methyl sites for hydroxylation is 1. The van der Waals surface area contributed by atoms with Crippen molar-refractivity contribution in [2.45, 2.75) is 33.4 Å². The molecule has 2 aromatic rings. The fourth-order valence-corrected chi connectivity index (χ4v) is 3.18. The summed E-state index contributed by atoms with van der Waals surface area (Å²) >= 11 is 1.66. The lowest BCUT2D eigenvalue weighted by molar-refractivity contribution is -0.0520. The first-order valence-corrected chi connectivity index (χ1v) is 9.40. The molecular weight excluding hydrogens is 501 g/mol. The van der Waals surface area contributed by atoms with Crippen molar-refractivity contribution in [3.63, 3.8) is 0 Å². The van der Waals surface area contributed by atoms with Crippen LogP contribution in [-0.2, 0) is 13.0 Å². The molecule has 0 aliphatic rings. The fourth-order valence-electron chi connectivity index (χ4n) is 2.40. The second-order valence-corrected chi connectivity index (χ2v) is 6.84. The summed E-state index contributed by atoms with van der Waals surface area (Å²) in [5.74, 6) is 0.892. The van der Waals surface area contributed by atoms with Crippen LogP contribution in [0.15, 0.2) is 29.4 Å². The highest BCUT2D eigenvalue weighted by molar-refractivity contribution is 14.0. The van der Waals surface area contributed by atoms with Gasteiger partial charge < -0.3 is 20.1 Å². The molecule has 0 unspecified atom stereocenters. The van der Waals surface area contributed by atoms with E-state index in [9.17, 15) is 8.78 Å². The minimum Gasteiger partial charge on any atom is -0.490 e. The number of alkyl halides is 2. The number of hydrogen-bond acceptors (Lipinski definition) is 5. The third kappa shape index (κ3) is 7.74. The van der Waals surface area contributed by atoms with E-state index < -0.39 is 6.61 Å². The average Bonchev–Trinajstić information content (AvgIpc) is 3.05. The summed E-state index contributed by atoms with van der Waals surface area (Å²) in [5.41, 5.74) is 0.555. The third-order valence-corrected chi connectivity index (χ3v) is 4.51. The van der Waals surface area contributed by atoms with E-state index in [1.807, 2.05) is 13.1 Å². The second-order valence-electron chi connectivity index (χ2n) is 5.52. The molecule has 1 aromatic heterocycles. The lowest BCUT2D eigenvalue weighted by Crippen LogP contribution is -2.38. The number of rotatable bonds is 9. The van der Waals surface area contributed by atoms with E-state index in [4.69, 9.17) is 4.74 Å². The zero-order valence-electron chi connectivity index (χ0n) is 16.0. The molecule has 0 atom stereocenters. The lowest BCUT2D eigenvalue weighted by Gasteiger charge is -2.17. The molecule has 0 bridgehead atoms. The Balaban J connectivity index is 0.00000392. The van der Waals surface area contributed by atoms with Crippen molar-refractivity contribution in [1.29, 1.82) is 0 Å². The van der Waals surface area contributed by atoms with E-state index in [1.54, 1.807) is 43.5 Å². The third-order valence-electron chi connectivity index (χ3n) is 3.54. The van der Waals surface area contributed by atoms with Crippen molar-refractivity contribution < 1.29 is 18.3 Å². The number of nitrogens with zero attached hydrogens (tertiary/aromatic N) is 2. The number of ether oxygens (including phenoxy) is 2. The largest absolute Gasteiger partial charge is 0.490 e. The number of aliphatic imine (C=N–C) groups is 1. The average molecular weight is 526 g/mol. The topological polar surface area (TPSA) is 67.8 Å². The van der Waals surface area contributed by atoms with Gasteiger partial charge in [-0.3, -0.25) is 4.99 Å². The maximum Gasteiger partial charge on any atom is 0.387 e. The van der Waals surface area contributed by atoms with Crippen LogP contribution in [0.3, 0.4) is 0 Å². The van der Waals surface area contributed by atoms with E-state index in [2.05, 4.69) is 25.3 Å². The van der Waals surface area contributed by atoms with Crippen LogP contribution in [0.5, 0.6) is 11.5 Å². The van der Waals surface area contributed by atoms with Gasteiger partial charge in [0.05, 0.1) is 11.6 Å². The Hall–Kier alpha value is -1.69. The van der Waals surface area contributed by atoms with Crippen LogP contribution in [0.2, 0.25) is 0 Å². The summed E-state index contributed by atoms with van der Waals surface area (Å²) in [7, 11) is 1.65. The van der Waals surface area contributed by atoms with Gasteiger partial charge in [-0.1, -0.05) is 12.1 Å². The predicted molar refractivity (Wildman–Crippen MR) is 118 cm³/mol. The molecule has 0 spiro atoms. The minimum atomic E-state index is -2.93. The Morgan fingerprint density at radius 1 is 1.32 bits per heavy atom. The SMILES string of the molecule is CCOc1cccc(CNC(=NC)NCCc2ncc(C)s2)c1OC(F)F.I. The van der Waals surface area contributed by atoms with Gasteiger partial charge >= 0.3 is 6.61 Å². The monoisotopic (exact) mass is 526 g/mol. The molecule has 0 saturated carbocycles. The molecule has 1 aromatic carbocycles. The van der Waals surface area contributed by atoms with Gasteiger partial charge in [-0.2, -0.15) is 8.78 Å². The molecule has 2 N–H and O–H groups in total. The first kappa shape index (κ1) is 24.3. The molecule has 10 heteroatoms. The van der Waals surface area contributed by atoms with E-state index in [0.717, 1.165) is 11.4 Å². The number of hydrogen-bond donors (Lipinski definition) is 2. The molecule has 0 saturated heterocycles. The second kappa shape index (κ2) is 12.7. The van der Waals surface area contributed by atoms with Gasteiger partial charge in [0.15, 0.2) is 17.5 Å². The molecule has 2 rings (SSSR count). The van der Waals surface area contributed by atoms with Crippen molar-refractivity contribution in [1.82, 2.24) is 15.6 Å². The lowest BCUT2D eigenvalue weighted by atomic mass is 10.2. The Kier molecular flexibility index (Phi) is 11.0. The molecule has 1 heterocycles. The molecule has 0 aliphatic carbocycles. The summed E-state index contributed by atoms with van der Waals surface area (Å²) < 4.78 is 35.6. The first-order chi connectivity index (χ1) is 13.0. The zero-order chi connectivity index (χ0) is 19.6. The van der Waals surface area contributed by atoms with Gasteiger partial charge in [0.25, 0.3) is 0 Å². The zero-order valence-corrected chi connectivity index (χ0v) is 19.1. The van der Waals surface area contributed by atoms with Gasteiger partial charge in [-0.05, 0) is 19.9 Å². The van der Waals surface area contributed by atoms with E-state index in [-0.39, 0.29) is 36.3 Å². The molecule has 0 aliphatic heterocycles. The Bertz CT molecular complexity index is 759. The normalized spacial score (nSPS) is 11.1. The van der Waals surface area contributed by atoms with Crippen LogP contribution in [0.1, 0.15) is 22.4 Å². The number of nitrogens with one attached hydrogen (secondary N) is 2. The molecule has 0 amide bonds. The molecular formula is C18H25F2IN4O2S. The number of benzene rings is 1. The van der Waals surface area contributed by atoms with Gasteiger partial charge in [0.2, 0.25) is 0 Å². The highest BCUT2D eigenvalue weighted by atomic mass is 127. The van der Waals surface area contributed by atoms with Gasteiger partial charge in [0.1, 0.15) is 0 Å². The van der Waals surface area contributed by atoms with Gasteiger partial charge in [0, 0.05) is 43.2 Å². The molecule has 0 fully saturated rings. The summed E-state index contributed by atoms with van der Waals surface area (Å²) in [6.07, 6.45) is 2.63. The Morgan fingerprint density at radius 3 is 2.71 bits per heavy atom. The maximum atomic E-state index is 12.8. The van der Waals surface area contributed by atoms with E-state index >= 15 is 0 Å². The van der Waals surface area contributed by atoms with Crippen LogP contribution >= 0.6 is 35.3 Å². The van der Waals surface area contributed by atoms with Crippen molar-refractivity contribution in [3.05, 3.63) is 39.8 Å². The predicted octanol–water partition coefficient (Wildman–Crippen LogP) is 3.98. The number of aromatic nitrogens is 1. The van der Waals surface area contributed by atoms with Crippen molar-refractivity contribution in [2.24, 2.45) is 4.99 Å². The van der Waals surface area contributed by atoms with Gasteiger partial charge in [-0.15, -0.1) is 35.3 Å². The number of thiazole rings is 1. The smallest absolute Gasteiger partial charge is 0.387 e. The van der Waals surface area contributed by atoms with Crippen LogP contribution < -0.4 is 20.1 Å². The van der Waals surface area contributed by atoms with Crippen molar-refractivity contribution in [3.8, 4) is 11.5 Å². The van der Waals surface area contributed by atoms with E-state index in [0.29, 0.717) is 30.4 Å². The van der Waals surface area contributed by atoms with Crippen molar-refractivity contribution in [2.75, 3.05) is 20.2 Å². The van der Waals surface area contributed by atoms with Crippen molar-refractivity contribution >= 4 is 41.3 Å². The maximum absolute atomic E-state index is 12.8. The fraction of sp³-hybridized carbons (Fsp3) is 0.444. The minimum absolute atomic E-state index is 0. The first-order valence-electron chi connectivity index (χ1n) is 8.58. The summed E-state index contributed by atoms with van der Waals surface area (Å²) in [4.78, 5) is 9.64. The molecule has 28 heavy (non-hydrogen) atoms. The Morgan fingerprint density at radius 2 is 2.11 bits per heavy atom. The highest BCUT2D eigenvalue weighted by Crippen LogP contribution is 2.32. The Labute approximate surface area is 184 Å². The standard InChI is InChI=1S/C18H24F2N4O2S.HI/c1-4-25-14-7-5-6-13(16(14)26-17(19)20)11-24-18(21-3)22-9-8-15-23-10-12(2)27-15;/h5-7,10,17H,4,8-9,11H2,1-3H3,(H2,21,22,24);1H. The molecule has 156 valence electrons. The summed E-state index contributed by atoms with van der Waals surface area (Å²) in [6, 6.07) is 5.05. The summed E-state index contributed by atoms with van der Waals surface area (Å²) in [6.45, 7) is 2.16. The summed E-state index contributed by atoms with van der Waals surface area (Å²) in [5, 5.41) is 7.33. The van der Waals surface area contributed by atoms with Gasteiger partial charge in [-0.25, -0.2) is 4.98 Å². The van der Waals surface area contributed by atoms with Crippen LogP contribution in [0.4, 0.5) is 8.78 Å². The molecule has 0 radical (unpaired) electrons. The number of para-hydroxylation sites is 1. The highest BCUT2D eigenvalue weighted by Gasteiger charge is 2.16. The molecule has 6 nitrogen and oxygen atoms in total.